The van der Waals surface area contributed by atoms with Crippen molar-refractivity contribution in [1.82, 2.24) is 14.9 Å². The van der Waals surface area contributed by atoms with Crippen molar-refractivity contribution >= 4 is 16.9 Å². The van der Waals surface area contributed by atoms with E-state index in [1.54, 1.807) is 0 Å². The monoisotopic (exact) mass is 371 g/mol. The molecule has 0 radical (unpaired) electrons. The first kappa shape index (κ1) is 21.5. The van der Waals surface area contributed by atoms with Gasteiger partial charge in [0.1, 0.15) is 5.82 Å². The number of benzene rings is 1. The zero-order valence-corrected chi connectivity index (χ0v) is 17.5. The number of unbranched alkanes of at least 4 members (excludes halogenated alkanes) is 7. The topological polar surface area (TPSA) is 46.9 Å². The molecule has 0 aliphatic rings. The molecule has 4 nitrogen and oxygen atoms in total. The fourth-order valence-electron chi connectivity index (χ4n) is 3.67. The van der Waals surface area contributed by atoms with Gasteiger partial charge in [-0.3, -0.25) is 4.79 Å². The Labute approximate surface area is 164 Å². The van der Waals surface area contributed by atoms with Crippen LogP contribution in [0.2, 0.25) is 0 Å². The van der Waals surface area contributed by atoms with Crippen molar-refractivity contribution in [3.8, 4) is 0 Å². The fraction of sp³-hybridized carbons (Fsp3) is 0.652. The molecule has 1 unspecified atom stereocenters. The van der Waals surface area contributed by atoms with E-state index in [9.17, 15) is 4.79 Å². The molecule has 0 aliphatic heterocycles. The number of carbonyl (C=O) groups is 1. The Balaban J connectivity index is 1.96. The SMILES string of the molecule is CCCCCCCCCCn1c(C(C)NC(=O)CCC)nc2ccccc21. The first-order chi connectivity index (χ1) is 13.2. The van der Waals surface area contributed by atoms with E-state index in [2.05, 4.69) is 35.0 Å². The first-order valence-electron chi connectivity index (χ1n) is 10.9. The van der Waals surface area contributed by atoms with Crippen LogP contribution >= 0.6 is 0 Å². The van der Waals surface area contributed by atoms with Crippen LogP contribution in [-0.2, 0) is 11.3 Å². The van der Waals surface area contributed by atoms with Crippen molar-refractivity contribution in [1.29, 1.82) is 0 Å². The molecule has 0 aliphatic carbocycles. The lowest BCUT2D eigenvalue weighted by molar-refractivity contribution is -0.121. The van der Waals surface area contributed by atoms with Crippen molar-refractivity contribution in [3.63, 3.8) is 0 Å². The predicted octanol–water partition coefficient (Wildman–Crippen LogP) is 6.15. The van der Waals surface area contributed by atoms with Crippen LogP contribution in [-0.4, -0.2) is 15.5 Å². The Morgan fingerprint density at radius 1 is 1.00 bits per heavy atom. The number of fused-ring (bicyclic) bond motifs is 1. The Hall–Kier alpha value is -1.84. The van der Waals surface area contributed by atoms with Gasteiger partial charge in [-0.1, -0.05) is 70.9 Å². The summed E-state index contributed by atoms with van der Waals surface area (Å²) in [4.78, 5) is 16.8. The quantitative estimate of drug-likeness (QED) is 0.429. The van der Waals surface area contributed by atoms with E-state index in [-0.39, 0.29) is 11.9 Å². The van der Waals surface area contributed by atoms with Crippen molar-refractivity contribution in [3.05, 3.63) is 30.1 Å². The molecule has 1 atom stereocenters. The average molecular weight is 372 g/mol. The Bertz CT molecular complexity index is 692. The predicted molar refractivity (Wildman–Crippen MR) is 114 cm³/mol. The number of nitrogens with zero attached hydrogens (tertiary/aromatic N) is 2. The largest absolute Gasteiger partial charge is 0.346 e. The highest BCUT2D eigenvalue weighted by Crippen LogP contribution is 2.22. The number of para-hydroxylation sites is 2. The summed E-state index contributed by atoms with van der Waals surface area (Å²) in [6, 6.07) is 8.23. The van der Waals surface area contributed by atoms with Gasteiger partial charge in [-0.15, -0.1) is 0 Å². The molecule has 1 aromatic heterocycles. The molecule has 1 N–H and O–H groups in total. The minimum Gasteiger partial charge on any atom is -0.346 e. The highest BCUT2D eigenvalue weighted by Gasteiger charge is 2.17. The lowest BCUT2D eigenvalue weighted by Crippen LogP contribution is -2.28. The van der Waals surface area contributed by atoms with Crippen molar-refractivity contribution in [2.24, 2.45) is 0 Å². The van der Waals surface area contributed by atoms with Gasteiger partial charge in [-0.25, -0.2) is 4.98 Å². The minimum absolute atomic E-state index is 0.0644. The van der Waals surface area contributed by atoms with Gasteiger partial charge in [0.05, 0.1) is 17.1 Å². The van der Waals surface area contributed by atoms with Gasteiger partial charge < -0.3 is 9.88 Å². The zero-order chi connectivity index (χ0) is 19.5. The Kier molecular flexibility index (Phi) is 9.37. The number of carbonyl (C=O) groups excluding carboxylic acids is 1. The molecule has 0 saturated carbocycles. The third-order valence-corrected chi connectivity index (χ3v) is 5.16. The van der Waals surface area contributed by atoms with Gasteiger partial charge in [0.2, 0.25) is 5.91 Å². The smallest absolute Gasteiger partial charge is 0.220 e. The molecule has 0 saturated heterocycles. The molecule has 150 valence electrons. The van der Waals surface area contributed by atoms with Crippen LogP contribution in [0.3, 0.4) is 0 Å². The molecule has 1 amide bonds. The molecule has 0 spiro atoms. The summed E-state index contributed by atoms with van der Waals surface area (Å²) in [5, 5.41) is 3.11. The normalized spacial score (nSPS) is 12.4. The van der Waals surface area contributed by atoms with E-state index < -0.39 is 0 Å². The highest BCUT2D eigenvalue weighted by atomic mass is 16.1. The van der Waals surface area contributed by atoms with Crippen LogP contribution in [0.15, 0.2) is 24.3 Å². The van der Waals surface area contributed by atoms with Crippen molar-refractivity contribution in [2.75, 3.05) is 0 Å². The fourth-order valence-corrected chi connectivity index (χ4v) is 3.67. The maximum Gasteiger partial charge on any atom is 0.220 e. The van der Waals surface area contributed by atoms with E-state index in [0.29, 0.717) is 6.42 Å². The summed E-state index contributed by atoms with van der Waals surface area (Å²) < 4.78 is 2.31. The molecule has 2 aromatic rings. The lowest BCUT2D eigenvalue weighted by Gasteiger charge is -2.16. The number of rotatable bonds is 13. The molecule has 1 aromatic carbocycles. The van der Waals surface area contributed by atoms with Crippen LogP contribution < -0.4 is 5.32 Å². The second-order valence-corrected chi connectivity index (χ2v) is 7.62. The van der Waals surface area contributed by atoms with Gasteiger partial charge >= 0.3 is 0 Å². The molecule has 27 heavy (non-hydrogen) atoms. The summed E-state index contributed by atoms with van der Waals surface area (Å²) in [5.41, 5.74) is 2.19. The van der Waals surface area contributed by atoms with Gasteiger partial charge in [-0.2, -0.15) is 0 Å². The highest BCUT2D eigenvalue weighted by molar-refractivity contribution is 5.78. The zero-order valence-electron chi connectivity index (χ0n) is 17.5. The van der Waals surface area contributed by atoms with Crippen molar-refractivity contribution < 1.29 is 4.79 Å². The summed E-state index contributed by atoms with van der Waals surface area (Å²) in [5.74, 6) is 1.08. The van der Waals surface area contributed by atoms with Crippen LogP contribution in [0.1, 0.15) is 96.8 Å². The minimum atomic E-state index is -0.0644. The molecular weight excluding hydrogens is 334 g/mol. The van der Waals surface area contributed by atoms with Gasteiger partial charge in [0, 0.05) is 13.0 Å². The number of aromatic nitrogens is 2. The Morgan fingerprint density at radius 2 is 1.67 bits per heavy atom. The molecule has 0 bridgehead atoms. The van der Waals surface area contributed by atoms with Crippen molar-refractivity contribution in [2.45, 2.75) is 97.6 Å². The lowest BCUT2D eigenvalue weighted by atomic mass is 10.1. The average Bonchev–Trinajstić information content (AvgIpc) is 3.03. The number of hydrogen-bond acceptors (Lipinski definition) is 2. The molecule has 4 heteroatoms. The molecular formula is C23H37N3O. The maximum absolute atomic E-state index is 12.0. The molecule has 2 rings (SSSR count). The summed E-state index contributed by atoms with van der Waals surface area (Å²) in [6.45, 7) is 7.30. The number of nitrogens with one attached hydrogen (secondary N) is 1. The molecule has 1 heterocycles. The van der Waals surface area contributed by atoms with E-state index in [1.807, 2.05) is 19.9 Å². The first-order valence-corrected chi connectivity index (χ1v) is 10.9. The number of aryl methyl sites for hydroxylation is 1. The summed E-state index contributed by atoms with van der Waals surface area (Å²) in [6.07, 6.45) is 11.9. The van der Waals surface area contributed by atoms with Crippen LogP contribution in [0.4, 0.5) is 0 Å². The third-order valence-electron chi connectivity index (χ3n) is 5.16. The van der Waals surface area contributed by atoms with Gasteiger partial charge in [0.25, 0.3) is 0 Å². The third kappa shape index (κ3) is 6.67. The van der Waals surface area contributed by atoms with E-state index in [4.69, 9.17) is 4.98 Å². The van der Waals surface area contributed by atoms with Crippen LogP contribution in [0.25, 0.3) is 11.0 Å². The second kappa shape index (κ2) is 11.8. The van der Waals surface area contributed by atoms with Gasteiger partial charge in [0.15, 0.2) is 0 Å². The number of amides is 1. The number of imidazole rings is 1. The molecule has 0 fully saturated rings. The van der Waals surface area contributed by atoms with Crippen LogP contribution in [0.5, 0.6) is 0 Å². The number of hydrogen-bond donors (Lipinski definition) is 1. The summed E-state index contributed by atoms with van der Waals surface area (Å²) >= 11 is 0. The van der Waals surface area contributed by atoms with Crippen LogP contribution in [0, 0.1) is 0 Å². The maximum atomic E-state index is 12.0. The summed E-state index contributed by atoms with van der Waals surface area (Å²) in [7, 11) is 0. The van der Waals surface area contributed by atoms with E-state index >= 15 is 0 Å². The second-order valence-electron chi connectivity index (χ2n) is 7.62. The van der Waals surface area contributed by atoms with E-state index in [1.165, 1.54) is 50.5 Å². The van der Waals surface area contributed by atoms with E-state index in [0.717, 1.165) is 30.7 Å². The standard InChI is InChI=1S/C23H37N3O/c1-4-6-7-8-9-10-11-14-18-26-21-17-13-12-16-20(21)25-23(26)19(3)24-22(27)15-5-2/h12-13,16-17,19H,4-11,14-15,18H2,1-3H3,(H,24,27). The Morgan fingerprint density at radius 3 is 2.37 bits per heavy atom. The van der Waals surface area contributed by atoms with Gasteiger partial charge in [-0.05, 0) is 31.9 Å².